The van der Waals surface area contributed by atoms with Gasteiger partial charge in [-0.3, -0.25) is 9.59 Å². The van der Waals surface area contributed by atoms with Crippen molar-refractivity contribution >= 4 is 11.8 Å². The zero-order valence-corrected chi connectivity index (χ0v) is 12.7. The molecule has 0 radical (unpaired) electrons. The fourth-order valence-corrected chi connectivity index (χ4v) is 2.77. The number of hydrogen-bond acceptors (Lipinski definition) is 3. The molecular formula is C15H27N3O2. The van der Waals surface area contributed by atoms with Crippen LogP contribution in [0.15, 0.2) is 0 Å². The molecule has 20 heavy (non-hydrogen) atoms. The van der Waals surface area contributed by atoms with Gasteiger partial charge < -0.3 is 15.5 Å². The van der Waals surface area contributed by atoms with Crippen LogP contribution in [0, 0.1) is 11.8 Å². The quantitative estimate of drug-likeness (QED) is 0.755. The number of carbonyl (C=O) groups excluding carboxylic acids is 2. The SMILES string of the molecule is CC(CC(=O)N(C)CC(=O)NC1CC1)C1CCCNC1. The third-order valence-electron chi connectivity index (χ3n) is 4.39. The first kappa shape index (κ1) is 15.3. The minimum atomic E-state index is -0.0321. The van der Waals surface area contributed by atoms with E-state index in [1.165, 1.54) is 12.8 Å². The lowest BCUT2D eigenvalue weighted by Gasteiger charge is -2.29. The van der Waals surface area contributed by atoms with Crippen molar-refractivity contribution in [2.45, 2.75) is 45.1 Å². The first-order chi connectivity index (χ1) is 9.56. The van der Waals surface area contributed by atoms with Crippen LogP contribution in [0.4, 0.5) is 0 Å². The van der Waals surface area contributed by atoms with E-state index >= 15 is 0 Å². The van der Waals surface area contributed by atoms with Crippen molar-refractivity contribution in [3.05, 3.63) is 0 Å². The molecule has 2 fully saturated rings. The minimum Gasteiger partial charge on any atom is -0.352 e. The Hall–Kier alpha value is -1.10. The maximum absolute atomic E-state index is 12.2. The van der Waals surface area contributed by atoms with Gasteiger partial charge in [-0.2, -0.15) is 0 Å². The predicted molar refractivity (Wildman–Crippen MR) is 78.2 cm³/mol. The molecule has 2 N–H and O–H groups in total. The van der Waals surface area contributed by atoms with Crippen molar-refractivity contribution in [3.8, 4) is 0 Å². The summed E-state index contributed by atoms with van der Waals surface area (Å²) < 4.78 is 0. The summed E-state index contributed by atoms with van der Waals surface area (Å²) in [5.74, 6) is 1.01. The summed E-state index contributed by atoms with van der Waals surface area (Å²) in [5.41, 5.74) is 0. The molecule has 0 aromatic heterocycles. The van der Waals surface area contributed by atoms with Crippen molar-refractivity contribution in [3.63, 3.8) is 0 Å². The van der Waals surface area contributed by atoms with Gasteiger partial charge in [0, 0.05) is 19.5 Å². The van der Waals surface area contributed by atoms with Gasteiger partial charge in [0.1, 0.15) is 0 Å². The van der Waals surface area contributed by atoms with Crippen molar-refractivity contribution in [1.29, 1.82) is 0 Å². The van der Waals surface area contributed by atoms with E-state index < -0.39 is 0 Å². The normalized spacial score (nSPS) is 24.0. The summed E-state index contributed by atoms with van der Waals surface area (Å²) >= 11 is 0. The monoisotopic (exact) mass is 281 g/mol. The van der Waals surface area contributed by atoms with E-state index in [1.807, 2.05) is 0 Å². The molecular weight excluding hydrogens is 254 g/mol. The Morgan fingerprint density at radius 2 is 2.10 bits per heavy atom. The fraction of sp³-hybridized carbons (Fsp3) is 0.867. The molecule has 2 amide bonds. The third-order valence-corrected chi connectivity index (χ3v) is 4.39. The van der Waals surface area contributed by atoms with Gasteiger partial charge in [-0.15, -0.1) is 0 Å². The van der Waals surface area contributed by atoms with E-state index in [2.05, 4.69) is 17.6 Å². The maximum atomic E-state index is 12.2. The Bertz CT molecular complexity index is 349. The van der Waals surface area contributed by atoms with Gasteiger partial charge in [0.05, 0.1) is 6.54 Å². The van der Waals surface area contributed by atoms with Crippen LogP contribution in [0.1, 0.15) is 39.0 Å². The molecule has 5 heteroatoms. The molecule has 0 spiro atoms. The standard InChI is InChI=1S/C15H27N3O2/c1-11(12-4-3-7-16-9-12)8-15(20)18(2)10-14(19)17-13-5-6-13/h11-13,16H,3-10H2,1-2H3,(H,17,19). The summed E-state index contributed by atoms with van der Waals surface area (Å²) in [6.07, 6.45) is 5.10. The first-order valence-corrected chi connectivity index (χ1v) is 7.80. The Labute approximate surface area is 121 Å². The second-order valence-electron chi connectivity index (χ2n) is 6.38. The molecule has 114 valence electrons. The molecule has 5 nitrogen and oxygen atoms in total. The molecule has 0 aromatic carbocycles. The van der Waals surface area contributed by atoms with E-state index in [9.17, 15) is 9.59 Å². The average Bonchev–Trinajstić information content (AvgIpc) is 3.23. The first-order valence-electron chi connectivity index (χ1n) is 7.80. The van der Waals surface area contributed by atoms with Crippen LogP contribution in [0.2, 0.25) is 0 Å². The van der Waals surface area contributed by atoms with Crippen LogP contribution in [-0.2, 0) is 9.59 Å². The van der Waals surface area contributed by atoms with Crippen LogP contribution in [0.5, 0.6) is 0 Å². The lowest BCUT2D eigenvalue weighted by Crippen LogP contribution is -2.40. The predicted octanol–water partition coefficient (Wildman–Crippen LogP) is 0.749. The van der Waals surface area contributed by atoms with E-state index in [1.54, 1.807) is 11.9 Å². The molecule has 2 atom stereocenters. The van der Waals surface area contributed by atoms with Gasteiger partial charge in [0.15, 0.2) is 0 Å². The lowest BCUT2D eigenvalue weighted by molar-refractivity contribution is -0.135. The van der Waals surface area contributed by atoms with Gasteiger partial charge in [-0.25, -0.2) is 0 Å². The second-order valence-corrected chi connectivity index (χ2v) is 6.38. The minimum absolute atomic E-state index is 0.0321. The van der Waals surface area contributed by atoms with E-state index in [0.717, 1.165) is 25.9 Å². The number of hydrogen-bond donors (Lipinski definition) is 2. The zero-order chi connectivity index (χ0) is 14.5. The Morgan fingerprint density at radius 3 is 2.70 bits per heavy atom. The van der Waals surface area contributed by atoms with Gasteiger partial charge >= 0.3 is 0 Å². The van der Waals surface area contributed by atoms with Crippen LogP contribution in [0.3, 0.4) is 0 Å². The highest BCUT2D eigenvalue weighted by molar-refractivity contribution is 5.85. The zero-order valence-electron chi connectivity index (χ0n) is 12.7. The summed E-state index contributed by atoms with van der Waals surface area (Å²) in [7, 11) is 1.72. The number of rotatable bonds is 6. The molecule has 0 bridgehead atoms. The van der Waals surface area contributed by atoms with E-state index in [0.29, 0.717) is 24.3 Å². The molecule has 2 unspecified atom stereocenters. The van der Waals surface area contributed by atoms with Gasteiger partial charge in [-0.1, -0.05) is 6.92 Å². The molecule has 1 aliphatic heterocycles. The van der Waals surface area contributed by atoms with Crippen LogP contribution >= 0.6 is 0 Å². The maximum Gasteiger partial charge on any atom is 0.239 e. The highest BCUT2D eigenvalue weighted by Gasteiger charge is 2.26. The Kier molecular flexibility index (Phi) is 5.40. The van der Waals surface area contributed by atoms with Gasteiger partial charge in [0.25, 0.3) is 0 Å². The Balaban J connectivity index is 1.70. The lowest BCUT2D eigenvalue weighted by atomic mass is 9.85. The number of piperidine rings is 1. The number of carbonyl (C=O) groups is 2. The summed E-state index contributed by atoms with van der Waals surface area (Å²) in [5, 5.41) is 6.30. The van der Waals surface area contributed by atoms with Crippen molar-refractivity contribution in [1.82, 2.24) is 15.5 Å². The molecule has 1 aliphatic carbocycles. The molecule has 2 rings (SSSR count). The fourth-order valence-electron chi connectivity index (χ4n) is 2.77. The van der Waals surface area contributed by atoms with Crippen LogP contribution < -0.4 is 10.6 Å². The molecule has 1 saturated carbocycles. The molecule has 2 aliphatic rings. The van der Waals surface area contributed by atoms with Crippen LogP contribution in [-0.4, -0.2) is 49.4 Å². The number of amides is 2. The Morgan fingerprint density at radius 1 is 1.35 bits per heavy atom. The second kappa shape index (κ2) is 7.07. The molecule has 0 aromatic rings. The highest BCUT2D eigenvalue weighted by Crippen LogP contribution is 2.23. The van der Waals surface area contributed by atoms with Crippen molar-refractivity contribution in [2.24, 2.45) is 11.8 Å². The highest BCUT2D eigenvalue weighted by atomic mass is 16.2. The van der Waals surface area contributed by atoms with E-state index in [4.69, 9.17) is 0 Å². The summed E-state index contributed by atoms with van der Waals surface area (Å²) in [4.78, 5) is 25.4. The van der Waals surface area contributed by atoms with Gasteiger partial charge in [-0.05, 0) is 50.6 Å². The summed E-state index contributed by atoms with van der Waals surface area (Å²) in [6, 6.07) is 0.359. The third kappa shape index (κ3) is 4.78. The van der Waals surface area contributed by atoms with Crippen molar-refractivity contribution < 1.29 is 9.59 Å². The summed E-state index contributed by atoms with van der Waals surface area (Å²) in [6.45, 7) is 4.44. The smallest absolute Gasteiger partial charge is 0.239 e. The van der Waals surface area contributed by atoms with Gasteiger partial charge in [0.2, 0.25) is 11.8 Å². The molecule has 1 heterocycles. The average molecular weight is 281 g/mol. The van der Waals surface area contributed by atoms with Crippen molar-refractivity contribution in [2.75, 3.05) is 26.7 Å². The van der Waals surface area contributed by atoms with Crippen LogP contribution in [0.25, 0.3) is 0 Å². The topological polar surface area (TPSA) is 61.4 Å². The van der Waals surface area contributed by atoms with E-state index in [-0.39, 0.29) is 18.4 Å². The largest absolute Gasteiger partial charge is 0.352 e. The number of nitrogens with zero attached hydrogens (tertiary/aromatic N) is 1. The molecule has 1 saturated heterocycles. The number of likely N-dealkylation sites (N-methyl/N-ethyl adjacent to an activating group) is 1. The number of nitrogens with one attached hydrogen (secondary N) is 2.